The lowest BCUT2D eigenvalue weighted by Crippen LogP contribution is -2.67. The fraction of sp³-hybridized carbons (Fsp3) is 0.469. The average Bonchev–Trinajstić information content (AvgIpc) is 4.27. The zero-order chi connectivity index (χ0) is 50.0. The summed E-state index contributed by atoms with van der Waals surface area (Å²) in [7, 11) is 3.05. The van der Waals surface area contributed by atoms with Gasteiger partial charge in [-0.15, -0.1) is 0 Å². The predicted molar refractivity (Wildman–Crippen MR) is 271 cm³/mol. The molecule has 0 bridgehead atoms. The van der Waals surface area contributed by atoms with Crippen LogP contribution < -0.4 is 25.8 Å². The Bertz CT molecular complexity index is 2700. The maximum atomic E-state index is 14.3. The van der Waals surface area contributed by atoms with E-state index in [9.17, 15) is 28.8 Å². The quantitative estimate of drug-likeness (QED) is 0.0887. The third kappa shape index (κ3) is 11.2. The first-order valence-electron chi connectivity index (χ1n) is 23.5. The molecule has 17 nitrogen and oxygen atoms in total. The molecule has 2 saturated carbocycles. The van der Waals surface area contributed by atoms with Gasteiger partial charge in [-0.3, -0.25) is 28.8 Å². The summed E-state index contributed by atoms with van der Waals surface area (Å²) in [6, 6.07) is 7.28. The number of benzene rings is 2. The molecule has 4 atom stereocenters. The second-order valence-electron chi connectivity index (χ2n) is 18.2. The van der Waals surface area contributed by atoms with Gasteiger partial charge in [-0.25, -0.2) is 9.97 Å². The molecule has 2 aliphatic carbocycles. The van der Waals surface area contributed by atoms with Crippen LogP contribution in [0.4, 0.5) is 10.3 Å². The molecule has 8 rings (SSSR count). The third-order valence-corrected chi connectivity index (χ3v) is 17.4. The van der Waals surface area contributed by atoms with Crippen LogP contribution in [-0.2, 0) is 19.2 Å². The molecule has 4 N–H and O–H groups in total. The van der Waals surface area contributed by atoms with E-state index in [1.165, 1.54) is 64.3 Å². The Morgan fingerprint density at radius 1 is 0.857 bits per heavy atom. The van der Waals surface area contributed by atoms with Crippen LogP contribution in [0, 0.1) is 18.8 Å². The number of methoxy groups -OCH3 is 2. The van der Waals surface area contributed by atoms with Crippen molar-refractivity contribution in [3.8, 4) is 11.5 Å². The molecule has 0 radical (unpaired) electrons. The summed E-state index contributed by atoms with van der Waals surface area (Å²) in [6.45, 7) is 13.2. The number of aromatic nitrogens is 2. The minimum absolute atomic E-state index is 0.0152. The van der Waals surface area contributed by atoms with Gasteiger partial charge in [-0.2, -0.15) is 0 Å². The van der Waals surface area contributed by atoms with Crippen molar-refractivity contribution in [3.05, 3.63) is 71.6 Å². The van der Waals surface area contributed by atoms with Crippen molar-refractivity contribution >= 4 is 91.9 Å². The summed E-state index contributed by atoms with van der Waals surface area (Å²) in [5, 5.41) is 6.85. The van der Waals surface area contributed by atoms with E-state index in [0.717, 1.165) is 55.0 Å². The second-order valence-corrected chi connectivity index (χ2v) is 23.0. The number of anilines is 2. The maximum Gasteiger partial charge on any atom is 0.257 e. The van der Waals surface area contributed by atoms with E-state index in [-0.39, 0.29) is 73.0 Å². The Kier molecular flexibility index (Phi) is 15.6. The molecule has 3 unspecified atom stereocenters. The molecule has 2 aromatic carbocycles. The van der Waals surface area contributed by atoms with Gasteiger partial charge in [0.2, 0.25) is 23.6 Å². The van der Waals surface area contributed by atoms with Crippen LogP contribution in [0.3, 0.4) is 0 Å². The van der Waals surface area contributed by atoms with Crippen LogP contribution in [0.15, 0.2) is 67.5 Å². The van der Waals surface area contributed by atoms with Crippen molar-refractivity contribution in [1.29, 1.82) is 0 Å². The van der Waals surface area contributed by atoms with E-state index in [4.69, 9.17) is 15.2 Å². The van der Waals surface area contributed by atoms with Crippen LogP contribution >= 0.6 is 46.2 Å². The summed E-state index contributed by atoms with van der Waals surface area (Å²) < 4.78 is 13.1. The van der Waals surface area contributed by atoms with Gasteiger partial charge in [0.15, 0.2) is 10.3 Å². The lowest BCUT2D eigenvalue weighted by atomic mass is 10.0. The summed E-state index contributed by atoms with van der Waals surface area (Å²) in [5.41, 5.74) is 7.93. The first-order valence-corrected chi connectivity index (χ1v) is 26.7. The minimum atomic E-state index is -1.13. The van der Waals surface area contributed by atoms with Gasteiger partial charge in [0.05, 0.1) is 52.7 Å². The van der Waals surface area contributed by atoms with E-state index in [1.807, 2.05) is 48.8 Å². The number of amides is 6. The highest BCUT2D eigenvalue weighted by Crippen LogP contribution is 2.53. The molecular weight excluding hydrogens is 971 g/mol. The number of piperazine rings is 2. The van der Waals surface area contributed by atoms with Gasteiger partial charge < -0.3 is 45.4 Å². The highest BCUT2D eigenvalue weighted by atomic mass is 32.2. The Balaban J connectivity index is 0.977. The van der Waals surface area contributed by atoms with Crippen molar-refractivity contribution in [2.24, 2.45) is 17.6 Å². The van der Waals surface area contributed by atoms with E-state index in [0.29, 0.717) is 65.4 Å². The standard InChI is InChI=1S/C49H59N9O8S4/c1-8-11-40(60)57-16-14-55(25-29(57)9-2)45(63)33-21-37(27(4)18-35(33)65-6)67-41-23-52-48(69-41)54-44(62)32-19-30(32)31-20-36(66-7)34(46(64)56-15-17-58(39(59)10-3)49(5,50)26-56)22-38(31)68-42-24-51-47(70-42)53-43(61)28-12-13-28/h10,18,20-24,28-30,32H,3,8-9,11-17,19,25-26,50H2,1-2,4-7H3,(H,51,53,61)(H,52,54,62)/t29-,30?,32?,49?/m1/s1. The zero-order valence-electron chi connectivity index (χ0n) is 40.2. The summed E-state index contributed by atoms with van der Waals surface area (Å²) in [6.07, 6.45) is 8.90. The van der Waals surface area contributed by atoms with Gasteiger partial charge in [-0.1, -0.05) is 66.6 Å². The van der Waals surface area contributed by atoms with Crippen molar-refractivity contribution in [2.45, 2.75) is 102 Å². The maximum absolute atomic E-state index is 14.3. The van der Waals surface area contributed by atoms with Crippen molar-refractivity contribution in [2.75, 3.05) is 64.1 Å². The zero-order valence-corrected chi connectivity index (χ0v) is 43.5. The number of rotatable bonds is 17. The molecule has 2 saturated heterocycles. The van der Waals surface area contributed by atoms with Gasteiger partial charge >= 0.3 is 0 Å². The first-order chi connectivity index (χ1) is 33.5. The molecular formula is C49H59N9O8S4. The molecule has 4 aromatic rings. The Hall–Kier alpha value is -5.48. The number of nitrogens with two attached hydrogens (primary N) is 1. The van der Waals surface area contributed by atoms with E-state index >= 15 is 0 Å². The molecule has 6 amide bonds. The van der Waals surface area contributed by atoms with Gasteiger partial charge in [-0.05, 0) is 93.3 Å². The average molecular weight is 1030 g/mol. The van der Waals surface area contributed by atoms with Crippen LogP contribution in [0.2, 0.25) is 0 Å². The summed E-state index contributed by atoms with van der Waals surface area (Å²) >= 11 is 5.51. The van der Waals surface area contributed by atoms with Crippen LogP contribution in [0.1, 0.15) is 97.1 Å². The number of carbonyl (C=O) groups excluding carboxylic acids is 6. The van der Waals surface area contributed by atoms with E-state index < -0.39 is 11.6 Å². The highest BCUT2D eigenvalue weighted by Gasteiger charge is 2.46. The van der Waals surface area contributed by atoms with Crippen LogP contribution in [-0.4, -0.2) is 130 Å². The largest absolute Gasteiger partial charge is 0.496 e. The Morgan fingerprint density at radius 2 is 1.46 bits per heavy atom. The number of nitrogens with one attached hydrogen (secondary N) is 2. The smallest absolute Gasteiger partial charge is 0.257 e. The summed E-state index contributed by atoms with van der Waals surface area (Å²) in [4.78, 5) is 97.7. The number of carbonyl (C=O) groups is 6. The normalized spacial score (nSPS) is 21.0. The summed E-state index contributed by atoms with van der Waals surface area (Å²) in [5.74, 6) is -0.666. The van der Waals surface area contributed by atoms with Crippen molar-refractivity contribution < 1.29 is 38.2 Å². The van der Waals surface area contributed by atoms with Gasteiger partial charge in [0.1, 0.15) is 17.2 Å². The number of nitrogens with zero attached hydrogens (tertiary/aromatic N) is 6. The minimum Gasteiger partial charge on any atom is -0.496 e. The predicted octanol–water partition coefficient (Wildman–Crippen LogP) is 7.33. The number of thiazole rings is 2. The monoisotopic (exact) mass is 1030 g/mol. The number of hydrogen-bond acceptors (Lipinski definition) is 15. The highest BCUT2D eigenvalue weighted by molar-refractivity contribution is 8.01. The molecule has 70 heavy (non-hydrogen) atoms. The van der Waals surface area contributed by atoms with Crippen molar-refractivity contribution in [3.63, 3.8) is 0 Å². The Labute approximate surface area is 424 Å². The topological polar surface area (TPSA) is 210 Å². The molecule has 372 valence electrons. The van der Waals surface area contributed by atoms with Crippen molar-refractivity contribution in [1.82, 2.24) is 29.6 Å². The molecule has 21 heteroatoms. The molecule has 4 heterocycles. The van der Waals surface area contributed by atoms with E-state index in [1.54, 1.807) is 37.4 Å². The molecule has 0 spiro atoms. The SMILES string of the molecule is C=CC(=O)N1CCN(C(=O)c2cc(Sc3cnc(NC(=O)C4CC4)s3)c(C3CC3C(=O)Nc3ncc(Sc4cc(C(=O)N5CCN(C(=O)CCC)[C@H](CC)C5)c(OC)cc4C)s3)cc2OC)CC1(C)N. The van der Waals surface area contributed by atoms with Crippen LogP contribution in [0.5, 0.6) is 11.5 Å². The number of hydrogen-bond donors (Lipinski definition) is 3. The van der Waals surface area contributed by atoms with Gasteiger partial charge in [0.25, 0.3) is 11.8 Å². The molecule has 2 aromatic heterocycles. The van der Waals surface area contributed by atoms with E-state index in [2.05, 4.69) is 27.2 Å². The molecule has 4 aliphatic rings. The lowest BCUT2D eigenvalue weighted by molar-refractivity contribution is -0.136. The van der Waals surface area contributed by atoms with Crippen LogP contribution in [0.25, 0.3) is 0 Å². The lowest BCUT2D eigenvalue weighted by Gasteiger charge is -2.46. The Morgan fingerprint density at radius 3 is 2.06 bits per heavy atom. The molecule has 2 aliphatic heterocycles. The molecule has 4 fully saturated rings. The fourth-order valence-electron chi connectivity index (χ4n) is 9.01. The first kappa shape index (κ1) is 50.9. The fourth-order valence-corrected chi connectivity index (χ4v) is 13.0. The van der Waals surface area contributed by atoms with Gasteiger partial charge in [0, 0.05) is 66.8 Å². The third-order valence-electron chi connectivity index (χ3n) is 13.1. The number of ether oxygens (including phenoxy) is 2. The second kappa shape index (κ2) is 21.5. The number of aryl methyl sites for hydroxylation is 1.